The molecule has 0 heterocycles. The van der Waals surface area contributed by atoms with Gasteiger partial charge in [0.2, 0.25) is 23.6 Å². The molecule has 1 aromatic carbocycles. The molecule has 0 fully saturated rings. The summed E-state index contributed by atoms with van der Waals surface area (Å²) in [6.07, 6.45) is 1.67. The lowest BCUT2D eigenvalue weighted by atomic mass is 10.0. The molecule has 1 aromatic rings. The fraction of sp³-hybridized carbons (Fsp3) is 0.657. The first kappa shape index (κ1) is 45.5. The van der Waals surface area contributed by atoms with E-state index in [1.807, 2.05) is 27.7 Å². The summed E-state index contributed by atoms with van der Waals surface area (Å²) in [6, 6.07) is 4.97. The molecule has 1 unspecified atom stereocenters. The van der Waals surface area contributed by atoms with Crippen molar-refractivity contribution in [3.63, 3.8) is 0 Å². The average molecular weight is 737 g/mol. The van der Waals surface area contributed by atoms with Crippen LogP contribution in [0.15, 0.2) is 24.3 Å². The third-order valence-electron chi connectivity index (χ3n) is 7.69. The predicted molar refractivity (Wildman–Crippen MR) is 196 cm³/mol. The summed E-state index contributed by atoms with van der Waals surface area (Å²) in [5.41, 5.74) is 5.28. The zero-order chi connectivity index (χ0) is 39.0. The van der Waals surface area contributed by atoms with Crippen LogP contribution in [0.4, 0.5) is 15.3 Å². The van der Waals surface area contributed by atoms with Gasteiger partial charge in [-0.05, 0) is 78.1 Å². The molecular weight excluding hydrogens is 676 g/mol. The highest BCUT2D eigenvalue weighted by atomic mass is 16.5. The van der Waals surface area contributed by atoms with E-state index in [1.54, 1.807) is 38.2 Å². The Hall–Kier alpha value is -4.48. The number of benzene rings is 1. The number of carbonyl (C=O) groups excluding carboxylic acids is 6. The third kappa shape index (κ3) is 22.4. The Labute approximate surface area is 307 Å². The van der Waals surface area contributed by atoms with Crippen molar-refractivity contribution in [2.45, 2.75) is 97.0 Å². The number of urea groups is 1. The summed E-state index contributed by atoms with van der Waals surface area (Å²) in [5.74, 6) is -1.48. The number of amides is 7. The highest BCUT2D eigenvalue weighted by Crippen LogP contribution is 2.19. The van der Waals surface area contributed by atoms with Gasteiger partial charge in [-0.1, -0.05) is 19.1 Å². The zero-order valence-electron chi connectivity index (χ0n) is 31.5. The number of hydrogen-bond acceptors (Lipinski definition) is 10. The van der Waals surface area contributed by atoms with Crippen LogP contribution in [-0.2, 0) is 40.0 Å². The molecule has 17 nitrogen and oxygen atoms in total. The summed E-state index contributed by atoms with van der Waals surface area (Å²) in [6.45, 7) is 11.5. The van der Waals surface area contributed by atoms with Crippen molar-refractivity contribution in [2.75, 3.05) is 58.3 Å². The van der Waals surface area contributed by atoms with Crippen LogP contribution in [0.1, 0.15) is 78.7 Å². The van der Waals surface area contributed by atoms with Crippen LogP contribution in [0, 0.1) is 0 Å². The van der Waals surface area contributed by atoms with E-state index in [-0.39, 0.29) is 45.1 Å². The van der Waals surface area contributed by atoms with Gasteiger partial charge in [0, 0.05) is 44.7 Å². The minimum absolute atomic E-state index is 0.000490. The maximum absolute atomic E-state index is 13.1. The Bertz CT molecular complexity index is 1280. The molecule has 1 atom stereocenters. The largest absolute Gasteiger partial charge is 0.445 e. The van der Waals surface area contributed by atoms with Crippen LogP contribution >= 0.6 is 0 Å². The molecule has 0 bridgehead atoms. The van der Waals surface area contributed by atoms with Crippen LogP contribution in [0.3, 0.4) is 0 Å². The summed E-state index contributed by atoms with van der Waals surface area (Å²) < 4.78 is 17.1. The molecule has 294 valence electrons. The van der Waals surface area contributed by atoms with Crippen LogP contribution in [0.2, 0.25) is 0 Å². The van der Waals surface area contributed by atoms with E-state index in [9.17, 15) is 28.8 Å². The maximum Gasteiger partial charge on any atom is 0.407 e. The SMILES string of the molecule is CCC(=O)NCCC(C)(C)OCCC(C)(C)OCCC(=O)NCC(=O)NC(CCCNC(N)=O)C(=O)Nc1ccc(COC(=O)NCCNC)cc1. The summed E-state index contributed by atoms with van der Waals surface area (Å²) >= 11 is 0. The highest BCUT2D eigenvalue weighted by Gasteiger charge is 2.24. The first-order chi connectivity index (χ1) is 24.6. The van der Waals surface area contributed by atoms with E-state index in [2.05, 4.69) is 37.2 Å². The third-order valence-corrected chi connectivity index (χ3v) is 7.69. The van der Waals surface area contributed by atoms with Crippen molar-refractivity contribution in [3.8, 4) is 0 Å². The molecule has 17 heteroatoms. The molecule has 0 aliphatic heterocycles. The number of alkyl carbamates (subject to hydrolysis) is 1. The zero-order valence-corrected chi connectivity index (χ0v) is 31.5. The second-order valence-electron chi connectivity index (χ2n) is 13.3. The van der Waals surface area contributed by atoms with Crippen LogP contribution in [0.25, 0.3) is 0 Å². The fourth-order valence-electron chi connectivity index (χ4n) is 4.47. The first-order valence-corrected chi connectivity index (χ1v) is 17.6. The number of primary amides is 1. The van der Waals surface area contributed by atoms with E-state index < -0.39 is 47.1 Å². The predicted octanol–water partition coefficient (Wildman–Crippen LogP) is 1.41. The van der Waals surface area contributed by atoms with E-state index in [0.29, 0.717) is 63.2 Å². The fourth-order valence-corrected chi connectivity index (χ4v) is 4.47. The number of hydrogen-bond donors (Lipinski definition) is 8. The van der Waals surface area contributed by atoms with Gasteiger partial charge in [0.25, 0.3) is 0 Å². The van der Waals surface area contributed by atoms with Crippen LogP contribution in [-0.4, -0.2) is 106 Å². The second-order valence-corrected chi connectivity index (χ2v) is 13.3. The van der Waals surface area contributed by atoms with Gasteiger partial charge in [0.05, 0.1) is 31.0 Å². The first-order valence-electron chi connectivity index (χ1n) is 17.6. The van der Waals surface area contributed by atoms with Gasteiger partial charge in [-0.3, -0.25) is 19.2 Å². The Morgan fingerprint density at radius 1 is 0.769 bits per heavy atom. The molecule has 0 aromatic heterocycles. The average Bonchev–Trinajstić information content (AvgIpc) is 3.07. The molecule has 0 aliphatic carbocycles. The van der Waals surface area contributed by atoms with Gasteiger partial charge in [0.15, 0.2) is 0 Å². The molecule has 0 aliphatic rings. The van der Waals surface area contributed by atoms with Crippen molar-refractivity contribution >= 4 is 41.4 Å². The number of rotatable bonds is 26. The number of likely N-dealkylation sites (N-methyl/N-ethyl adjacent to an activating group) is 1. The Kier molecular flexibility index (Phi) is 21.6. The number of nitrogens with one attached hydrogen (secondary N) is 7. The number of nitrogens with two attached hydrogens (primary N) is 1. The van der Waals surface area contributed by atoms with Crippen molar-refractivity contribution in [2.24, 2.45) is 5.73 Å². The molecule has 0 radical (unpaired) electrons. The Balaban J connectivity index is 2.54. The molecule has 1 rings (SSSR count). The minimum Gasteiger partial charge on any atom is -0.445 e. The van der Waals surface area contributed by atoms with Gasteiger partial charge in [-0.15, -0.1) is 0 Å². The van der Waals surface area contributed by atoms with E-state index in [0.717, 1.165) is 0 Å². The quantitative estimate of drug-likeness (QED) is 0.0636. The lowest BCUT2D eigenvalue weighted by Gasteiger charge is -2.30. The van der Waals surface area contributed by atoms with Gasteiger partial charge >= 0.3 is 12.1 Å². The van der Waals surface area contributed by atoms with Crippen LogP contribution < -0.4 is 43.0 Å². The van der Waals surface area contributed by atoms with E-state index in [4.69, 9.17) is 19.9 Å². The standard InChI is InChI=1S/C35H60N8O9/c1-7-28(44)38-18-15-34(2,3)52-22-16-35(4,5)51-21-14-29(45)41-23-30(46)43-27(9-8-17-39-32(36)48)31(47)42-26-12-10-25(11-13-26)24-50-33(49)40-20-19-37-6/h10-13,27,37H,7-9,14-24H2,1-6H3,(H,38,44)(H,40,49)(H,41,45)(H,42,47)(H,43,46)(H3,36,39,48). The summed E-state index contributed by atoms with van der Waals surface area (Å²) in [7, 11) is 1.77. The molecule has 0 spiro atoms. The van der Waals surface area contributed by atoms with Gasteiger partial charge in [-0.25, -0.2) is 9.59 Å². The molecule has 7 amide bonds. The maximum atomic E-state index is 13.1. The van der Waals surface area contributed by atoms with E-state index in [1.165, 1.54) is 0 Å². The number of carbonyl (C=O) groups is 6. The van der Waals surface area contributed by atoms with Crippen molar-refractivity contribution in [3.05, 3.63) is 29.8 Å². The van der Waals surface area contributed by atoms with Crippen LogP contribution in [0.5, 0.6) is 0 Å². The van der Waals surface area contributed by atoms with E-state index >= 15 is 0 Å². The Morgan fingerprint density at radius 3 is 2.10 bits per heavy atom. The number of ether oxygens (including phenoxy) is 3. The number of anilines is 1. The van der Waals surface area contributed by atoms with Crippen molar-refractivity contribution < 1.29 is 43.0 Å². The lowest BCUT2D eigenvalue weighted by molar-refractivity contribution is -0.129. The molecule has 9 N–H and O–H groups in total. The molecular formula is C35H60N8O9. The summed E-state index contributed by atoms with van der Waals surface area (Å²) in [5, 5.41) is 18.7. The topological polar surface area (TPSA) is 240 Å². The lowest BCUT2D eigenvalue weighted by Crippen LogP contribution is -2.47. The van der Waals surface area contributed by atoms with Gasteiger partial charge < -0.3 is 57.2 Å². The molecule has 52 heavy (non-hydrogen) atoms. The monoisotopic (exact) mass is 736 g/mol. The molecule has 0 saturated carbocycles. The van der Waals surface area contributed by atoms with Gasteiger partial charge in [-0.2, -0.15) is 0 Å². The summed E-state index contributed by atoms with van der Waals surface area (Å²) in [4.78, 5) is 72.6. The Morgan fingerprint density at radius 2 is 1.44 bits per heavy atom. The highest BCUT2D eigenvalue weighted by molar-refractivity contribution is 5.97. The second kappa shape index (κ2) is 24.7. The van der Waals surface area contributed by atoms with Crippen molar-refractivity contribution in [1.82, 2.24) is 31.9 Å². The smallest absolute Gasteiger partial charge is 0.407 e. The minimum atomic E-state index is -0.977. The van der Waals surface area contributed by atoms with Gasteiger partial charge in [0.1, 0.15) is 12.6 Å². The normalized spacial score (nSPS) is 11.9. The van der Waals surface area contributed by atoms with Crippen molar-refractivity contribution in [1.29, 1.82) is 0 Å². The molecule has 0 saturated heterocycles.